The Bertz CT molecular complexity index is 864. The molecule has 4 N–H and O–H groups in total. The van der Waals surface area contributed by atoms with Crippen LogP contribution in [0.25, 0.3) is 0 Å². The van der Waals surface area contributed by atoms with Crippen LogP contribution in [-0.2, 0) is 9.47 Å². The van der Waals surface area contributed by atoms with E-state index in [1.807, 2.05) is 0 Å². The van der Waals surface area contributed by atoms with Crippen molar-refractivity contribution in [3.05, 3.63) is 0 Å². The summed E-state index contributed by atoms with van der Waals surface area (Å²) in [6.07, 6.45) is -22.1. The van der Waals surface area contributed by atoms with Crippen molar-refractivity contribution in [2.24, 2.45) is 0 Å². The van der Waals surface area contributed by atoms with Crippen molar-refractivity contribution in [1.82, 2.24) is 0 Å². The molecule has 1 aliphatic rings. The maximum atomic E-state index is 13.8. The van der Waals surface area contributed by atoms with Gasteiger partial charge in [0.05, 0.1) is 6.61 Å². The van der Waals surface area contributed by atoms with Crippen molar-refractivity contribution in [3.63, 3.8) is 0 Å². The number of rotatable bonds is 12. The molecular weight excluding hydrogens is 623 g/mol. The van der Waals surface area contributed by atoms with Gasteiger partial charge in [0.2, 0.25) is 0 Å². The lowest BCUT2D eigenvalue weighted by atomic mass is 9.88. The number of hydrogen-bond donors (Lipinski definition) is 4. The van der Waals surface area contributed by atoms with Crippen LogP contribution >= 0.6 is 0 Å². The molecule has 0 aromatic carbocycles. The van der Waals surface area contributed by atoms with Crippen LogP contribution in [0.5, 0.6) is 0 Å². The van der Waals surface area contributed by atoms with Crippen molar-refractivity contribution in [2.75, 3.05) is 13.2 Å². The molecule has 0 radical (unpaired) electrons. The van der Waals surface area contributed by atoms with E-state index in [4.69, 9.17) is 0 Å². The van der Waals surface area contributed by atoms with Gasteiger partial charge in [0.25, 0.3) is 0 Å². The Hall–Kier alpha value is -1.43. The third-order valence-corrected chi connectivity index (χ3v) is 5.54. The van der Waals surface area contributed by atoms with Gasteiger partial charge in [0.1, 0.15) is 24.4 Å². The maximum absolute atomic E-state index is 13.8. The molecule has 0 aliphatic carbocycles. The molecular formula is C17H17F17O6. The smallest absolute Gasteiger partial charge is 0.387 e. The van der Waals surface area contributed by atoms with Gasteiger partial charge in [0, 0.05) is 13.0 Å². The fourth-order valence-electron chi connectivity index (χ4n) is 3.02. The number of aliphatic hydroxyl groups is 4. The number of aliphatic hydroxyl groups excluding tert-OH is 4. The average Bonchev–Trinajstić information content (AvgIpc) is 2.78. The Morgan fingerprint density at radius 3 is 1.35 bits per heavy atom. The average molecular weight is 640 g/mol. The molecule has 0 aromatic rings. The Morgan fingerprint density at radius 1 is 0.525 bits per heavy atom. The molecule has 1 heterocycles. The molecule has 1 fully saturated rings. The summed E-state index contributed by atoms with van der Waals surface area (Å²) in [6.45, 7) is -2.27. The molecule has 0 aromatic heterocycles. The van der Waals surface area contributed by atoms with Crippen LogP contribution in [0.1, 0.15) is 12.8 Å². The third kappa shape index (κ3) is 5.64. The first-order valence-electron chi connectivity index (χ1n) is 10.1. The number of halogens is 17. The normalized spacial score (nSPS) is 26.8. The molecule has 240 valence electrons. The fraction of sp³-hybridized carbons (Fsp3) is 1.00. The van der Waals surface area contributed by atoms with Crippen molar-refractivity contribution in [2.45, 2.75) is 91.2 Å². The van der Waals surface area contributed by atoms with Crippen LogP contribution in [0.4, 0.5) is 74.6 Å². The van der Waals surface area contributed by atoms with Gasteiger partial charge < -0.3 is 29.9 Å². The van der Waals surface area contributed by atoms with Gasteiger partial charge in [-0.05, 0) is 6.42 Å². The molecule has 0 bridgehead atoms. The van der Waals surface area contributed by atoms with E-state index in [2.05, 4.69) is 9.47 Å². The second kappa shape index (κ2) is 11.0. The van der Waals surface area contributed by atoms with Crippen LogP contribution in [0.3, 0.4) is 0 Å². The highest BCUT2D eigenvalue weighted by atomic mass is 19.4. The molecule has 1 aliphatic heterocycles. The monoisotopic (exact) mass is 640 g/mol. The van der Waals surface area contributed by atoms with E-state index in [0.717, 1.165) is 0 Å². The zero-order valence-corrected chi connectivity index (χ0v) is 18.7. The third-order valence-electron chi connectivity index (χ3n) is 5.54. The van der Waals surface area contributed by atoms with Gasteiger partial charge in [-0.2, -0.15) is 74.6 Å². The zero-order chi connectivity index (χ0) is 32.1. The van der Waals surface area contributed by atoms with Gasteiger partial charge in [-0.15, -0.1) is 0 Å². The van der Waals surface area contributed by atoms with Crippen LogP contribution in [-0.4, -0.2) is 112 Å². The standard InChI is InChI=1S/C17H17F17O6/c18-10(19,2-1-3-39-4-5-6(35)7(36)8(37)9(38)40-5)11(20,21)12(22,23)13(24,25)14(26,27)15(28,29)16(30,31)17(32,33)34/h5-9,35-38H,1-4H2. The highest BCUT2D eigenvalue weighted by Crippen LogP contribution is 2.64. The van der Waals surface area contributed by atoms with Crippen LogP contribution in [0.2, 0.25) is 0 Å². The van der Waals surface area contributed by atoms with Crippen LogP contribution in [0.15, 0.2) is 0 Å². The van der Waals surface area contributed by atoms with Gasteiger partial charge in [-0.25, -0.2) is 0 Å². The van der Waals surface area contributed by atoms with Gasteiger partial charge in [-0.1, -0.05) is 0 Å². The molecule has 0 saturated carbocycles. The summed E-state index contributed by atoms with van der Waals surface area (Å²) in [5, 5.41) is 37.5. The molecule has 1 saturated heterocycles. The van der Waals surface area contributed by atoms with Gasteiger partial charge in [-0.3, -0.25) is 0 Å². The van der Waals surface area contributed by atoms with E-state index in [1.54, 1.807) is 0 Å². The maximum Gasteiger partial charge on any atom is 0.460 e. The summed E-state index contributed by atoms with van der Waals surface area (Å²) in [4.78, 5) is 0. The minimum Gasteiger partial charge on any atom is -0.387 e. The summed E-state index contributed by atoms with van der Waals surface area (Å²) in [7, 11) is 0. The Kier molecular flexibility index (Phi) is 10.1. The van der Waals surface area contributed by atoms with Crippen molar-refractivity contribution >= 4 is 0 Å². The second-order valence-corrected chi connectivity index (χ2v) is 8.36. The Morgan fingerprint density at radius 2 is 0.925 bits per heavy atom. The summed E-state index contributed by atoms with van der Waals surface area (Å²) >= 11 is 0. The molecule has 0 spiro atoms. The Labute approximate surface area is 210 Å². The van der Waals surface area contributed by atoms with Gasteiger partial charge in [0.15, 0.2) is 6.29 Å². The minimum absolute atomic E-state index is 1.01. The van der Waals surface area contributed by atoms with Crippen molar-refractivity contribution < 1.29 is 105 Å². The predicted molar refractivity (Wildman–Crippen MR) is 89.6 cm³/mol. The number of ether oxygens (including phenoxy) is 2. The van der Waals surface area contributed by atoms with Crippen molar-refractivity contribution in [1.29, 1.82) is 0 Å². The summed E-state index contributed by atoms with van der Waals surface area (Å²) < 4.78 is 233. The highest BCUT2D eigenvalue weighted by molar-refractivity contribution is 5.15. The topological polar surface area (TPSA) is 99.4 Å². The second-order valence-electron chi connectivity index (χ2n) is 8.36. The lowest BCUT2D eigenvalue weighted by Crippen LogP contribution is -2.74. The van der Waals surface area contributed by atoms with E-state index in [0.29, 0.717) is 0 Å². The first kappa shape index (κ1) is 36.6. The van der Waals surface area contributed by atoms with E-state index >= 15 is 0 Å². The molecule has 0 amide bonds. The minimum atomic E-state index is -8.70. The molecule has 40 heavy (non-hydrogen) atoms. The first-order chi connectivity index (χ1) is 17.5. The van der Waals surface area contributed by atoms with E-state index in [1.165, 1.54) is 0 Å². The van der Waals surface area contributed by atoms with Gasteiger partial charge >= 0.3 is 47.6 Å². The van der Waals surface area contributed by atoms with E-state index in [9.17, 15) is 95.1 Å². The Balaban J connectivity index is 3.06. The quantitative estimate of drug-likeness (QED) is 0.193. The molecule has 6 nitrogen and oxygen atoms in total. The SMILES string of the molecule is OC1OC(COCCCC(F)(F)C(F)(F)C(F)(F)C(F)(F)C(F)(F)C(F)(F)C(F)(F)C(F)(F)F)C(O)C(O)C1O. The fourth-order valence-corrected chi connectivity index (χ4v) is 3.02. The van der Waals surface area contributed by atoms with E-state index < -0.39 is 104 Å². The first-order valence-corrected chi connectivity index (χ1v) is 10.1. The summed E-state index contributed by atoms with van der Waals surface area (Å²) in [5.74, 6) is -56.9. The molecule has 5 atom stereocenters. The zero-order valence-electron chi connectivity index (χ0n) is 18.7. The molecule has 23 heteroatoms. The van der Waals surface area contributed by atoms with Crippen LogP contribution < -0.4 is 0 Å². The highest BCUT2D eigenvalue weighted by Gasteiger charge is 2.95. The number of alkyl halides is 17. The molecule has 1 rings (SSSR count). The predicted octanol–water partition coefficient (Wildman–Crippen LogP) is 3.59. The van der Waals surface area contributed by atoms with Crippen molar-refractivity contribution in [3.8, 4) is 0 Å². The van der Waals surface area contributed by atoms with E-state index in [-0.39, 0.29) is 0 Å². The van der Waals surface area contributed by atoms with Crippen LogP contribution in [0, 0.1) is 0 Å². The summed E-state index contributed by atoms with van der Waals surface area (Å²) in [6, 6.07) is 0. The summed E-state index contributed by atoms with van der Waals surface area (Å²) in [5.41, 5.74) is 0. The lowest BCUT2D eigenvalue weighted by Gasteiger charge is -2.42. The largest absolute Gasteiger partial charge is 0.460 e. The lowest BCUT2D eigenvalue weighted by molar-refractivity contribution is -0.461. The molecule has 5 unspecified atom stereocenters. The number of hydrogen-bond acceptors (Lipinski definition) is 6.